The van der Waals surface area contributed by atoms with Crippen molar-refractivity contribution in [3.63, 3.8) is 0 Å². The number of aryl methyl sites for hydroxylation is 2. The van der Waals surface area contributed by atoms with Crippen LogP contribution in [-0.2, 0) is 6.54 Å². The minimum absolute atomic E-state index is 0.169. The summed E-state index contributed by atoms with van der Waals surface area (Å²) in [6.45, 7) is 6.15. The van der Waals surface area contributed by atoms with Crippen LogP contribution < -0.4 is 5.43 Å². The van der Waals surface area contributed by atoms with Gasteiger partial charge in [-0.1, -0.05) is 6.07 Å². The van der Waals surface area contributed by atoms with Crippen LogP contribution in [0.5, 0.6) is 0 Å². The Bertz CT molecular complexity index is 653. The summed E-state index contributed by atoms with van der Waals surface area (Å²) >= 11 is 0. The minimum Gasteiger partial charge on any atom is -0.347 e. The summed E-state index contributed by atoms with van der Waals surface area (Å²) in [6.07, 6.45) is 1.66. The van der Waals surface area contributed by atoms with Crippen molar-refractivity contribution in [1.82, 2.24) is 4.57 Å². The molecule has 0 saturated carbocycles. The highest BCUT2D eigenvalue weighted by atomic mass is 16.1. The van der Waals surface area contributed by atoms with E-state index in [0.717, 1.165) is 17.6 Å². The number of carbonyl (C=O) groups is 1. The topological polar surface area (TPSA) is 39.1 Å². The predicted molar refractivity (Wildman–Crippen MR) is 68.6 cm³/mol. The largest absolute Gasteiger partial charge is 0.347 e. The summed E-state index contributed by atoms with van der Waals surface area (Å²) < 4.78 is 1.94. The SMILES string of the molecule is CCn1cc(C(C)=O)c(=O)c2ccc(C)cc21. The molecule has 3 heteroatoms. The number of fused-ring (bicyclic) bond motifs is 1. The van der Waals surface area contributed by atoms with E-state index in [-0.39, 0.29) is 16.8 Å². The second-order valence-corrected chi connectivity index (χ2v) is 4.23. The molecule has 0 unspecified atom stereocenters. The fraction of sp³-hybridized carbons (Fsp3) is 0.286. The van der Waals surface area contributed by atoms with Gasteiger partial charge in [-0.25, -0.2) is 0 Å². The summed E-state index contributed by atoms with van der Waals surface area (Å²) in [4.78, 5) is 23.5. The molecule has 0 aliphatic carbocycles. The van der Waals surface area contributed by atoms with E-state index in [0.29, 0.717) is 5.39 Å². The Hall–Kier alpha value is -1.90. The first-order valence-corrected chi connectivity index (χ1v) is 5.69. The molecule has 17 heavy (non-hydrogen) atoms. The third kappa shape index (κ3) is 1.88. The number of hydrogen-bond donors (Lipinski definition) is 0. The van der Waals surface area contributed by atoms with Gasteiger partial charge in [0, 0.05) is 18.1 Å². The van der Waals surface area contributed by atoms with Gasteiger partial charge in [-0.2, -0.15) is 0 Å². The second kappa shape index (κ2) is 4.17. The number of aromatic nitrogens is 1. The van der Waals surface area contributed by atoms with Gasteiger partial charge in [-0.15, -0.1) is 0 Å². The van der Waals surface area contributed by atoms with Crippen LogP contribution in [0.2, 0.25) is 0 Å². The molecule has 1 aromatic heterocycles. The Morgan fingerprint density at radius 2 is 2.06 bits per heavy atom. The lowest BCUT2D eigenvalue weighted by Crippen LogP contribution is -2.17. The monoisotopic (exact) mass is 229 g/mol. The summed E-state index contributed by atoms with van der Waals surface area (Å²) in [5.41, 5.74) is 2.09. The standard InChI is InChI=1S/C14H15NO2/c1-4-15-8-12(10(3)16)14(17)11-6-5-9(2)7-13(11)15/h5-8H,4H2,1-3H3. The van der Waals surface area contributed by atoms with E-state index in [1.807, 2.05) is 30.5 Å². The number of carbonyl (C=O) groups excluding carboxylic acids is 1. The van der Waals surface area contributed by atoms with E-state index in [9.17, 15) is 9.59 Å². The molecule has 0 aliphatic heterocycles. The molecule has 1 aromatic carbocycles. The van der Waals surface area contributed by atoms with E-state index >= 15 is 0 Å². The van der Waals surface area contributed by atoms with Gasteiger partial charge < -0.3 is 4.57 Å². The number of ketones is 1. The Labute approximate surface area is 99.7 Å². The summed E-state index contributed by atoms with van der Waals surface area (Å²) in [6, 6.07) is 5.67. The number of hydrogen-bond acceptors (Lipinski definition) is 2. The van der Waals surface area contributed by atoms with Crippen LogP contribution in [-0.4, -0.2) is 10.4 Å². The van der Waals surface area contributed by atoms with E-state index < -0.39 is 0 Å². The van der Waals surface area contributed by atoms with Crippen molar-refractivity contribution < 1.29 is 4.79 Å². The zero-order valence-electron chi connectivity index (χ0n) is 10.3. The van der Waals surface area contributed by atoms with E-state index in [1.54, 1.807) is 12.3 Å². The average Bonchev–Trinajstić information content (AvgIpc) is 2.29. The molecule has 1 heterocycles. The van der Waals surface area contributed by atoms with Gasteiger partial charge in [0.25, 0.3) is 0 Å². The molecule has 0 bridgehead atoms. The highest BCUT2D eigenvalue weighted by Gasteiger charge is 2.11. The van der Waals surface area contributed by atoms with Crippen LogP contribution in [0.3, 0.4) is 0 Å². The predicted octanol–water partition coefficient (Wildman–Crippen LogP) is 2.53. The Kier molecular flexibility index (Phi) is 2.84. The van der Waals surface area contributed by atoms with E-state index in [4.69, 9.17) is 0 Å². The van der Waals surface area contributed by atoms with Crippen LogP contribution in [0.15, 0.2) is 29.2 Å². The Morgan fingerprint density at radius 3 is 2.65 bits per heavy atom. The molecule has 0 atom stereocenters. The molecule has 0 aliphatic rings. The van der Waals surface area contributed by atoms with E-state index in [2.05, 4.69) is 0 Å². The smallest absolute Gasteiger partial charge is 0.200 e. The maximum atomic E-state index is 12.1. The van der Waals surface area contributed by atoms with Gasteiger partial charge in [0.15, 0.2) is 11.2 Å². The average molecular weight is 229 g/mol. The zero-order chi connectivity index (χ0) is 12.6. The maximum absolute atomic E-state index is 12.1. The van der Waals surface area contributed by atoms with Gasteiger partial charge in [-0.05, 0) is 38.5 Å². The first-order valence-electron chi connectivity index (χ1n) is 5.69. The van der Waals surface area contributed by atoms with Crippen molar-refractivity contribution in [3.05, 3.63) is 45.7 Å². The van der Waals surface area contributed by atoms with Crippen LogP contribution in [0.1, 0.15) is 29.8 Å². The zero-order valence-corrected chi connectivity index (χ0v) is 10.3. The van der Waals surface area contributed by atoms with Gasteiger partial charge >= 0.3 is 0 Å². The molecule has 88 valence electrons. The van der Waals surface area contributed by atoms with Crippen molar-refractivity contribution in [1.29, 1.82) is 0 Å². The third-order valence-electron chi connectivity index (χ3n) is 2.96. The second-order valence-electron chi connectivity index (χ2n) is 4.23. The number of benzene rings is 1. The van der Waals surface area contributed by atoms with Gasteiger partial charge in [0.1, 0.15) is 0 Å². The number of Topliss-reactive ketones (excluding diaryl/α,β-unsaturated/α-hetero) is 1. The molecular formula is C14H15NO2. The lowest BCUT2D eigenvalue weighted by molar-refractivity contribution is 0.101. The van der Waals surface area contributed by atoms with Gasteiger partial charge in [-0.3, -0.25) is 9.59 Å². The summed E-state index contributed by atoms with van der Waals surface area (Å²) in [5, 5.41) is 0.616. The molecule has 0 spiro atoms. The highest BCUT2D eigenvalue weighted by Crippen LogP contribution is 2.14. The quantitative estimate of drug-likeness (QED) is 0.742. The fourth-order valence-corrected chi connectivity index (χ4v) is 2.01. The highest BCUT2D eigenvalue weighted by molar-refractivity contribution is 5.97. The lowest BCUT2D eigenvalue weighted by Gasteiger charge is -2.10. The molecule has 0 radical (unpaired) electrons. The molecule has 0 N–H and O–H groups in total. The van der Waals surface area contributed by atoms with Crippen molar-refractivity contribution >= 4 is 16.7 Å². The first-order chi connectivity index (χ1) is 8.04. The minimum atomic E-state index is -0.181. The first kappa shape index (κ1) is 11.6. The van der Waals surface area contributed by atoms with Crippen LogP contribution >= 0.6 is 0 Å². The lowest BCUT2D eigenvalue weighted by atomic mass is 10.1. The number of rotatable bonds is 2. The van der Waals surface area contributed by atoms with Crippen LogP contribution in [0, 0.1) is 6.92 Å². The molecule has 0 amide bonds. The summed E-state index contributed by atoms with van der Waals surface area (Å²) in [5.74, 6) is -0.181. The van der Waals surface area contributed by atoms with Gasteiger partial charge in [0.2, 0.25) is 0 Å². The molecular weight excluding hydrogens is 214 g/mol. The van der Waals surface area contributed by atoms with Crippen LogP contribution in [0.25, 0.3) is 10.9 Å². The van der Waals surface area contributed by atoms with Crippen molar-refractivity contribution in [2.45, 2.75) is 27.3 Å². The maximum Gasteiger partial charge on any atom is 0.200 e. The van der Waals surface area contributed by atoms with Crippen molar-refractivity contribution in [2.24, 2.45) is 0 Å². The van der Waals surface area contributed by atoms with Crippen molar-refractivity contribution in [3.8, 4) is 0 Å². The molecule has 0 fully saturated rings. The molecule has 2 rings (SSSR count). The van der Waals surface area contributed by atoms with Crippen molar-refractivity contribution in [2.75, 3.05) is 0 Å². The molecule has 2 aromatic rings. The normalized spacial score (nSPS) is 10.8. The number of nitrogens with zero attached hydrogens (tertiary/aromatic N) is 1. The Balaban J connectivity index is 2.95. The molecule has 3 nitrogen and oxygen atoms in total. The fourth-order valence-electron chi connectivity index (χ4n) is 2.01. The Morgan fingerprint density at radius 1 is 1.35 bits per heavy atom. The van der Waals surface area contributed by atoms with E-state index in [1.165, 1.54) is 6.92 Å². The number of pyridine rings is 1. The molecule has 0 saturated heterocycles. The summed E-state index contributed by atoms with van der Waals surface area (Å²) in [7, 11) is 0. The third-order valence-corrected chi connectivity index (χ3v) is 2.96. The van der Waals surface area contributed by atoms with Crippen LogP contribution in [0.4, 0.5) is 0 Å². The van der Waals surface area contributed by atoms with Gasteiger partial charge in [0.05, 0.1) is 11.1 Å².